The normalized spacial score (nSPS) is 12.3. The van der Waals surface area contributed by atoms with E-state index in [-0.39, 0.29) is 48.5 Å². The first-order valence-electron chi connectivity index (χ1n) is 8.88. The van der Waals surface area contributed by atoms with E-state index in [0.29, 0.717) is 17.4 Å². The van der Waals surface area contributed by atoms with Gasteiger partial charge in [0.05, 0.1) is 14.9 Å². The average molecular weight is 545 g/mol. The number of benzene rings is 1. The Morgan fingerprint density at radius 2 is 1.56 bits per heavy atom. The molecule has 0 radical (unpaired) electrons. The molecule has 34 heavy (non-hydrogen) atoms. The monoisotopic (exact) mass is 544 g/mol. The second kappa shape index (κ2) is 10.6. The zero-order chi connectivity index (χ0) is 25.5. The van der Waals surface area contributed by atoms with Gasteiger partial charge in [0.25, 0.3) is 11.5 Å². The summed E-state index contributed by atoms with van der Waals surface area (Å²) < 4.78 is 79.5. The molecule has 2 rings (SSSR count). The number of amides is 1. The van der Waals surface area contributed by atoms with E-state index in [1.54, 1.807) is 13.8 Å². The van der Waals surface area contributed by atoms with Gasteiger partial charge in [-0.25, -0.2) is 4.98 Å². The molecule has 0 fully saturated rings. The molecule has 1 amide bonds. The number of aliphatic hydroxyl groups is 1. The van der Waals surface area contributed by atoms with Crippen LogP contribution in [0.4, 0.5) is 26.3 Å². The number of carbonyl (C=O) groups excluding carboxylic acids is 2. The first kappa shape index (κ1) is 30.5. The molecule has 182 valence electrons. The van der Waals surface area contributed by atoms with Crippen LogP contribution in [0.5, 0.6) is 0 Å². The SMILES string of the molecule is CCN(CC)C(=O)c1nc(C(=O)[O-])sc1-c1ccc(C(O)(C(F)(F)F)C(F)(F)F)c(Cl)c1Cl.[Li+]. The summed E-state index contributed by atoms with van der Waals surface area (Å²) in [5.41, 5.74) is -7.96. The Balaban J connectivity index is 0.00000578. The molecule has 0 saturated heterocycles. The number of hydrogen-bond acceptors (Lipinski definition) is 6. The Morgan fingerprint density at radius 1 is 1.06 bits per heavy atom. The van der Waals surface area contributed by atoms with E-state index in [4.69, 9.17) is 23.2 Å². The van der Waals surface area contributed by atoms with Crippen molar-refractivity contribution in [2.24, 2.45) is 0 Å². The first-order valence-corrected chi connectivity index (χ1v) is 10.5. The number of carbonyl (C=O) groups is 2. The van der Waals surface area contributed by atoms with Crippen LogP contribution in [0.15, 0.2) is 12.1 Å². The summed E-state index contributed by atoms with van der Waals surface area (Å²) in [5.74, 6) is -2.54. The van der Waals surface area contributed by atoms with Gasteiger partial charge in [-0.3, -0.25) is 4.79 Å². The molecule has 0 aliphatic rings. The number of carboxylic acid groups (broad SMARTS) is 1. The van der Waals surface area contributed by atoms with Gasteiger partial charge in [0, 0.05) is 24.2 Å². The smallest absolute Gasteiger partial charge is 0.542 e. The van der Waals surface area contributed by atoms with Crippen LogP contribution in [0.3, 0.4) is 0 Å². The molecule has 6 nitrogen and oxygen atoms in total. The van der Waals surface area contributed by atoms with Crippen molar-refractivity contribution in [1.29, 1.82) is 0 Å². The fourth-order valence-electron chi connectivity index (χ4n) is 2.87. The molecule has 0 unspecified atom stereocenters. The molecule has 0 aliphatic carbocycles. The Kier molecular flexibility index (Phi) is 9.55. The van der Waals surface area contributed by atoms with Crippen molar-refractivity contribution < 1.29 is 65.0 Å². The van der Waals surface area contributed by atoms with E-state index < -0.39 is 56.1 Å². The molecule has 0 aliphatic heterocycles. The third kappa shape index (κ3) is 5.19. The van der Waals surface area contributed by atoms with E-state index in [0.717, 1.165) is 0 Å². The number of aromatic carboxylic acids is 1. The molecule has 1 aromatic carbocycles. The van der Waals surface area contributed by atoms with Gasteiger partial charge in [0.15, 0.2) is 0 Å². The molecule has 0 atom stereocenters. The second-order valence-electron chi connectivity index (χ2n) is 6.46. The Morgan fingerprint density at radius 3 is 1.97 bits per heavy atom. The first-order chi connectivity index (χ1) is 15.0. The van der Waals surface area contributed by atoms with E-state index in [2.05, 4.69) is 4.98 Å². The van der Waals surface area contributed by atoms with Crippen molar-refractivity contribution in [3.05, 3.63) is 38.4 Å². The summed E-state index contributed by atoms with van der Waals surface area (Å²) in [7, 11) is 0. The van der Waals surface area contributed by atoms with Crippen molar-refractivity contribution in [2.75, 3.05) is 13.1 Å². The number of thiazole rings is 1. The van der Waals surface area contributed by atoms with Crippen LogP contribution < -0.4 is 24.0 Å². The minimum Gasteiger partial charge on any atom is -0.542 e. The Hall–Kier alpha value is -1.49. The number of alkyl halides is 6. The standard InChI is InChI=1S/C18H14Cl2F6N2O4S.Li/c1-3-28(4-2)14(29)11-12(33-13(27-11)15(30)31)7-5-6-8(10(20)9(7)19)16(32,17(21,22)23)18(24,25)26;/h5-6,32H,3-4H2,1-2H3,(H,30,31);/q;+1/p-1. The molecule has 1 N–H and O–H groups in total. The van der Waals surface area contributed by atoms with Gasteiger partial charge in [-0.15, -0.1) is 11.3 Å². The Bertz CT molecular complexity index is 1080. The number of halogens is 8. The van der Waals surface area contributed by atoms with Crippen molar-refractivity contribution >= 4 is 46.4 Å². The molecule has 16 heteroatoms. The summed E-state index contributed by atoms with van der Waals surface area (Å²) in [6.45, 7) is 3.59. The predicted molar refractivity (Wildman–Crippen MR) is 105 cm³/mol. The molecule has 0 spiro atoms. The van der Waals surface area contributed by atoms with Gasteiger partial charge in [-0.1, -0.05) is 35.3 Å². The van der Waals surface area contributed by atoms with E-state index in [1.165, 1.54) is 4.90 Å². The van der Waals surface area contributed by atoms with Crippen molar-refractivity contribution in [3.63, 3.8) is 0 Å². The van der Waals surface area contributed by atoms with Gasteiger partial charge in [-0.05, 0) is 13.8 Å². The number of rotatable bonds is 6. The summed E-state index contributed by atoms with van der Waals surface area (Å²) in [4.78, 5) is 28.7. The van der Waals surface area contributed by atoms with Gasteiger partial charge < -0.3 is 19.9 Å². The van der Waals surface area contributed by atoms with Crippen molar-refractivity contribution in [1.82, 2.24) is 9.88 Å². The van der Waals surface area contributed by atoms with Crippen LogP contribution in [0.25, 0.3) is 10.4 Å². The number of hydrogen-bond donors (Lipinski definition) is 1. The second-order valence-corrected chi connectivity index (χ2v) is 8.21. The maximum atomic E-state index is 13.2. The zero-order valence-electron chi connectivity index (χ0n) is 17.6. The van der Waals surface area contributed by atoms with Crippen LogP contribution >= 0.6 is 34.5 Å². The molecule has 1 aromatic heterocycles. The quantitative estimate of drug-likeness (QED) is 0.437. The molecule has 1 heterocycles. The molecule has 0 bridgehead atoms. The number of carboxylic acids is 1. The fraction of sp³-hybridized carbons (Fsp3) is 0.389. The molecular formula is C18H13Cl2F6LiN2O4S. The predicted octanol–water partition coefficient (Wildman–Crippen LogP) is 1.28. The van der Waals surface area contributed by atoms with Crippen LogP contribution in [-0.4, -0.2) is 52.3 Å². The van der Waals surface area contributed by atoms with Crippen molar-refractivity contribution in [2.45, 2.75) is 31.8 Å². The van der Waals surface area contributed by atoms with Crippen LogP contribution in [0, 0.1) is 0 Å². The van der Waals surface area contributed by atoms with E-state index in [1.807, 2.05) is 0 Å². The summed E-state index contributed by atoms with van der Waals surface area (Å²) in [6.07, 6.45) is -12.4. The maximum absolute atomic E-state index is 13.2. The topological polar surface area (TPSA) is 93.6 Å². The molecular weight excluding hydrogens is 532 g/mol. The van der Waals surface area contributed by atoms with Crippen LogP contribution in [0.2, 0.25) is 10.0 Å². The third-order valence-corrected chi connectivity index (χ3v) is 6.54. The van der Waals surface area contributed by atoms with Gasteiger partial charge in [0.1, 0.15) is 16.7 Å². The van der Waals surface area contributed by atoms with Gasteiger partial charge >= 0.3 is 31.2 Å². The fourth-order valence-corrected chi connectivity index (χ4v) is 4.41. The average Bonchev–Trinajstić information content (AvgIpc) is 3.14. The summed E-state index contributed by atoms with van der Waals surface area (Å²) in [5, 5.41) is 18.0. The largest absolute Gasteiger partial charge is 1.00 e. The van der Waals surface area contributed by atoms with E-state index >= 15 is 0 Å². The molecule has 0 saturated carbocycles. The number of aromatic nitrogens is 1. The third-order valence-electron chi connectivity index (χ3n) is 4.59. The summed E-state index contributed by atoms with van der Waals surface area (Å²) >= 11 is 12.1. The minimum absolute atomic E-state index is 0. The van der Waals surface area contributed by atoms with Crippen LogP contribution in [0.1, 0.15) is 39.7 Å². The number of nitrogens with zero attached hydrogens (tertiary/aromatic N) is 2. The molecule has 2 aromatic rings. The van der Waals surface area contributed by atoms with E-state index in [9.17, 15) is 46.1 Å². The van der Waals surface area contributed by atoms with Crippen molar-refractivity contribution in [3.8, 4) is 10.4 Å². The maximum Gasteiger partial charge on any atom is 1.00 e. The zero-order valence-corrected chi connectivity index (χ0v) is 19.9. The van der Waals surface area contributed by atoms with Gasteiger partial charge in [-0.2, -0.15) is 26.3 Å². The Labute approximate surface area is 214 Å². The minimum atomic E-state index is -6.21. The van der Waals surface area contributed by atoms with Crippen LogP contribution in [-0.2, 0) is 5.60 Å². The summed E-state index contributed by atoms with van der Waals surface area (Å²) in [6, 6.07) is 0.895. The van der Waals surface area contributed by atoms with Gasteiger partial charge in [0.2, 0.25) is 0 Å².